The molecule has 0 aliphatic carbocycles. The second-order valence-electron chi connectivity index (χ2n) is 3.45. The Hall–Kier alpha value is -1.80. The zero-order chi connectivity index (χ0) is 12.1. The number of methoxy groups -OCH3 is 1. The molecular weight excluding hydrogens is 234 g/mol. The highest BCUT2D eigenvalue weighted by atomic mass is 35.5. The van der Waals surface area contributed by atoms with Gasteiger partial charge in [-0.3, -0.25) is 4.98 Å². The molecule has 1 aromatic heterocycles. The summed E-state index contributed by atoms with van der Waals surface area (Å²) in [6.07, 6.45) is 3.61. The van der Waals surface area contributed by atoms with E-state index in [1.54, 1.807) is 13.3 Å². The van der Waals surface area contributed by atoms with Gasteiger partial charge in [0.1, 0.15) is 11.5 Å². The van der Waals surface area contributed by atoms with Crippen LogP contribution in [0.2, 0.25) is 5.02 Å². The topological polar surface area (TPSA) is 22.1 Å². The van der Waals surface area contributed by atoms with Crippen LogP contribution in [-0.4, -0.2) is 12.1 Å². The van der Waals surface area contributed by atoms with E-state index < -0.39 is 0 Å². The van der Waals surface area contributed by atoms with E-state index in [9.17, 15) is 0 Å². The Bertz CT molecular complexity index is 523. The van der Waals surface area contributed by atoms with Crippen LogP contribution in [0, 0.1) is 0 Å². The molecule has 1 heterocycles. The highest BCUT2D eigenvalue weighted by Crippen LogP contribution is 2.22. The third kappa shape index (κ3) is 2.86. The molecule has 2 nitrogen and oxygen atoms in total. The first-order valence-electron chi connectivity index (χ1n) is 5.23. The maximum Gasteiger partial charge on any atom is 0.145 e. The maximum absolute atomic E-state index is 6.09. The number of rotatable bonds is 3. The van der Waals surface area contributed by atoms with Crippen molar-refractivity contribution in [1.82, 2.24) is 4.98 Å². The van der Waals surface area contributed by atoms with E-state index in [0.29, 0.717) is 10.8 Å². The fourth-order valence-electron chi connectivity index (χ4n) is 1.48. The molecule has 0 radical (unpaired) electrons. The predicted molar refractivity (Wildman–Crippen MR) is 70.6 cm³/mol. The minimum absolute atomic E-state index is 0.693. The summed E-state index contributed by atoms with van der Waals surface area (Å²) in [6.45, 7) is 0. The lowest BCUT2D eigenvalue weighted by Crippen LogP contribution is -1.90. The molecule has 0 atom stereocenters. The van der Waals surface area contributed by atoms with Crippen molar-refractivity contribution in [2.75, 3.05) is 7.11 Å². The summed E-state index contributed by atoms with van der Waals surface area (Å²) in [7, 11) is 1.62. The molecule has 0 fully saturated rings. The van der Waals surface area contributed by atoms with Crippen LogP contribution in [0.15, 0.2) is 48.7 Å². The van der Waals surface area contributed by atoms with Gasteiger partial charge >= 0.3 is 0 Å². The SMILES string of the molecule is CO/C(=C\c1ccccc1Cl)c1ccccn1. The number of nitrogens with zero attached hydrogens (tertiary/aromatic N) is 1. The quantitative estimate of drug-likeness (QED) is 0.766. The Balaban J connectivity index is 2.40. The van der Waals surface area contributed by atoms with Gasteiger partial charge < -0.3 is 4.74 Å². The number of benzene rings is 1. The second kappa shape index (κ2) is 5.51. The summed E-state index contributed by atoms with van der Waals surface area (Å²) in [5.41, 5.74) is 1.70. The summed E-state index contributed by atoms with van der Waals surface area (Å²) >= 11 is 6.09. The van der Waals surface area contributed by atoms with Gasteiger partial charge in [-0.1, -0.05) is 35.9 Å². The van der Waals surface area contributed by atoms with Crippen molar-refractivity contribution in [1.29, 1.82) is 0 Å². The molecule has 2 aromatic rings. The van der Waals surface area contributed by atoms with Crippen molar-refractivity contribution in [3.8, 4) is 0 Å². The van der Waals surface area contributed by atoms with E-state index in [1.807, 2.05) is 48.5 Å². The van der Waals surface area contributed by atoms with Gasteiger partial charge in [-0.25, -0.2) is 0 Å². The molecular formula is C14H12ClNO. The van der Waals surface area contributed by atoms with Gasteiger partial charge in [0, 0.05) is 11.2 Å². The number of pyridine rings is 1. The largest absolute Gasteiger partial charge is 0.494 e. The van der Waals surface area contributed by atoms with Crippen LogP contribution in [0.4, 0.5) is 0 Å². The van der Waals surface area contributed by atoms with Crippen molar-refractivity contribution in [2.45, 2.75) is 0 Å². The summed E-state index contributed by atoms with van der Waals surface area (Å²) in [6, 6.07) is 13.3. The summed E-state index contributed by atoms with van der Waals surface area (Å²) in [5.74, 6) is 0.693. The molecule has 0 bridgehead atoms. The monoisotopic (exact) mass is 245 g/mol. The van der Waals surface area contributed by atoms with Crippen molar-refractivity contribution in [2.24, 2.45) is 0 Å². The molecule has 0 saturated heterocycles. The van der Waals surface area contributed by atoms with Gasteiger partial charge in [-0.2, -0.15) is 0 Å². The van der Waals surface area contributed by atoms with E-state index in [2.05, 4.69) is 4.98 Å². The third-order valence-electron chi connectivity index (χ3n) is 2.33. The van der Waals surface area contributed by atoms with E-state index in [1.165, 1.54) is 0 Å². The zero-order valence-electron chi connectivity index (χ0n) is 9.43. The van der Waals surface area contributed by atoms with Gasteiger partial charge in [0.25, 0.3) is 0 Å². The fraction of sp³-hybridized carbons (Fsp3) is 0.0714. The lowest BCUT2D eigenvalue weighted by Gasteiger charge is -2.06. The van der Waals surface area contributed by atoms with E-state index in [-0.39, 0.29) is 0 Å². The molecule has 0 amide bonds. The molecule has 0 aliphatic heterocycles. The Morgan fingerprint density at radius 2 is 1.94 bits per heavy atom. The summed E-state index contributed by atoms with van der Waals surface area (Å²) in [5, 5.41) is 0.693. The standard InChI is InChI=1S/C14H12ClNO/c1-17-14(13-8-4-5-9-16-13)10-11-6-2-3-7-12(11)15/h2-10H,1H3/b14-10-. The van der Waals surface area contributed by atoms with Crippen LogP contribution in [0.25, 0.3) is 11.8 Å². The average molecular weight is 246 g/mol. The Kier molecular flexibility index (Phi) is 3.78. The van der Waals surface area contributed by atoms with Gasteiger partial charge in [0.15, 0.2) is 0 Å². The Morgan fingerprint density at radius 1 is 1.18 bits per heavy atom. The molecule has 0 unspecified atom stereocenters. The first-order valence-corrected chi connectivity index (χ1v) is 5.60. The number of aromatic nitrogens is 1. The molecule has 0 spiro atoms. The fourth-order valence-corrected chi connectivity index (χ4v) is 1.67. The molecule has 0 saturated carbocycles. The highest BCUT2D eigenvalue weighted by Gasteiger charge is 2.03. The summed E-state index contributed by atoms with van der Waals surface area (Å²) < 4.78 is 5.34. The minimum Gasteiger partial charge on any atom is -0.494 e. The van der Waals surface area contributed by atoms with Crippen LogP contribution < -0.4 is 0 Å². The third-order valence-corrected chi connectivity index (χ3v) is 2.67. The average Bonchev–Trinajstić information content (AvgIpc) is 2.39. The molecule has 0 aliphatic rings. The molecule has 1 aromatic carbocycles. The number of ether oxygens (including phenoxy) is 1. The Labute approximate surface area is 106 Å². The van der Waals surface area contributed by atoms with E-state index in [0.717, 1.165) is 11.3 Å². The molecule has 3 heteroatoms. The second-order valence-corrected chi connectivity index (χ2v) is 3.86. The van der Waals surface area contributed by atoms with Crippen molar-refractivity contribution < 1.29 is 4.74 Å². The molecule has 86 valence electrons. The highest BCUT2D eigenvalue weighted by molar-refractivity contribution is 6.32. The molecule has 17 heavy (non-hydrogen) atoms. The van der Waals surface area contributed by atoms with E-state index in [4.69, 9.17) is 16.3 Å². The number of hydrogen-bond acceptors (Lipinski definition) is 2. The minimum atomic E-state index is 0.693. The molecule has 2 rings (SSSR count). The van der Waals surface area contributed by atoms with Crippen molar-refractivity contribution >= 4 is 23.4 Å². The van der Waals surface area contributed by atoms with Crippen molar-refractivity contribution in [3.05, 3.63) is 64.9 Å². The van der Waals surface area contributed by atoms with Crippen LogP contribution in [-0.2, 0) is 4.74 Å². The van der Waals surface area contributed by atoms with Gasteiger partial charge in [-0.05, 0) is 29.8 Å². The maximum atomic E-state index is 6.09. The smallest absolute Gasteiger partial charge is 0.145 e. The lowest BCUT2D eigenvalue weighted by molar-refractivity contribution is 0.371. The number of hydrogen-bond donors (Lipinski definition) is 0. The first-order chi connectivity index (χ1) is 8.31. The van der Waals surface area contributed by atoms with Crippen molar-refractivity contribution in [3.63, 3.8) is 0 Å². The van der Waals surface area contributed by atoms with Gasteiger partial charge in [0.05, 0.1) is 7.11 Å². The van der Waals surface area contributed by atoms with Crippen LogP contribution >= 0.6 is 11.6 Å². The normalized spacial score (nSPS) is 11.3. The van der Waals surface area contributed by atoms with Gasteiger partial charge in [-0.15, -0.1) is 0 Å². The van der Waals surface area contributed by atoms with E-state index >= 15 is 0 Å². The Morgan fingerprint density at radius 3 is 2.59 bits per heavy atom. The zero-order valence-corrected chi connectivity index (χ0v) is 10.2. The lowest BCUT2D eigenvalue weighted by atomic mass is 10.1. The number of halogens is 1. The van der Waals surface area contributed by atoms with Crippen LogP contribution in [0.3, 0.4) is 0 Å². The summed E-state index contributed by atoms with van der Waals surface area (Å²) in [4.78, 5) is 4.24. The first kappa shape index (κ1) is 11.7. The van der Waals surface area contributed by atoms with Gasteiger partial charge in [0.2, 0.25) is 0 Å². The van der Waals surface area contributed by atoms with Crippen LogP contribution in [0.1, 0.15) is 11.3 Å². The molecule has 0 N–H and O–H groups in total. The predicted octanol–water partition coefficient (Wildman–Crippen LogP) is 3.88. The van der Waals surface area contributed by atoms with Crippen LogP contribution in [0.5, 0.6) is 0 Å².